The third-order valence-electron chi connectivity index (χ3n) is 1.76. The Bertz CT molecular complexity index is 226. The maximum Gasteiger partial charge on any atom is 0.126 e. The van der Waals surface area contributed by atoms with Crippen molar-refractivity contribution in [3.63, 3.8) is 0 Å². The molecule has 0 aliphatic carbocycles. The minimum atomic E-state index is -0.441. The van der Waals surface area contributed by atoms with Crippen LogP contribution >= 0.6 is 0 Å². The predicted octanol–water partition coefficient (Wildman–Crippen LogP) is -0.194. The Balaban J connectivity index is 2.20. The molecule has 13 heavy (non-hydrogen) atoms. The summed E-state index contributed by atoms with van der Waals surface area (Å²) >= 11 is 0. The molecule has 4 N–H and O–H groups in total. The van der Waals surface area contributed by atoms with Gasteiger partial charge in [-0.2, -0.15) is 0 Å². The fourth-order valence-electron chi connectivity index (χ4n) is 0.970. The van der Waals surface area contributed by atoms with Gasteiger partial charge < -0.3 is 15.6 Å². The molecule has 3 nitrogen and oxygen atoms in total. The Kier molecular flexibility index (Phi) is 4.46. The quantitative estimate of drug-likeness (QED) is 0.663. The topological polar surface area (TPSA) is 57.1 Å². The predicted molar refractivity (Wildman–Crippen MR) is 49.9 cm³/mol. The molecular weight excluding hydrogens is 166 g/mol. The Hall–Kier alpha value is -0.900. The molecule has 0 saturated heterocycles. The van der Waals surface area contributed by atoms with Crippen molar-refractivity contribution < 1.29 is 15.6 Å². The van der Waals surface area contributed by atoms with E-state index in [1.54, 1.807) is 0 Å². The van der Waals surface area contributed by atoms with Gasteiger partial charge in [0.05, 0.1) is 13.2 Å². The minimum absolute atomic E-state index is 0.360. The van der Waals surface area contributed by atoms with Gasteiger partial charge in [0.15, 0.2) is 0 Å². The van der Waals surface area contributed by atoms with E-state index in [0.717, 1.165) is 5.56 Å². The van der Waals surface area contributed by atoms with E-state index < -0.39 is 6.10 Å². The summed E-state index contributed by atoms with van der Waals surface area (Å²) in [5.74, 6) is 0. The van der Waals surface area contributed by atoms with Gasteiger partial charge in [0.2, 0.25) is 0 Å². The Morgan fingerprint density at radius 2 is 2.00 bits per heavy atom. The van der Waals surface area contributed by atoms with Gasteiger partial charge in [-0.05, 0) is 5.56 Å². The lowest BCUT2D eigenvalue weighted by Gasteiger charge is -2.06. The number of hydrogen-bond donors (Lipinski definition) is 2. The van der Waals surface area contributed by atoms with Crippen LogP contribution in [0.5, 0.6) is 0 Å². The smallest absolute Gasteiger partial charge is 0.126 e. The summed E-state index contributed by atoms with van der Waals surface area (Å²) in [5.41, 5.74) is 4.71. The van der Waals surface area contributed by atoms with E-state index in [9.17, 15) is 0 Å². The number of aliphatic hydroxyl groups is 1. The molecule has 0 bridgehead atoms. The average Bonchev–Trinajstić information content (AvgIpc) is 2.19. The first-order valence-corrected chi connectivity index (χ1v) is 4.42. The van der Waals surface area contributed by atoms with Gasteiger partial charge in [-0.25, -0.2) is 0 Å². The van der Waals surface area contributed by atoms with Gasteiger partial charge in [-0.15, -0.1) is 0 Å². The van der Waals surface area contributed by atoms with E-state index in [1.807, 2.05) is 30.3 Å². The Morgan fingerprint density at radius 3 is 2.62 bits per heavy atom. The van der Waals surface area contributed by atoms with Gasteiger partial charge >= 0.3 is 0 Å². The lowest BCUT2D eigenvalue weighted by atomic mass is 10.2. The van der Waals surface area contributed by atoms with Crippen LogP contribution in [0.1, 0.15) is 5.56 Å². The summed E-state index contributed by atoms with van der Waals surface area (Å²) in [4.78, 5) is 0. The molecule has 1 aromatic rings. The van der Waals surface area contributed by atoms with Gasteiger partial charge in [-0.1, -0.05) is 30.3 Å². The van der Waals surface area contributed by atoms with Crippen molar-refractivity contribution in [1.29, 1.82) is 0 Å². The van der Waals surface area contributed by atoms with Crippen LogP contribution in [0.3, 0.4) is 0 Å². The first kappa shape index (κ1) is 10.2. The largest absolute Gasteiger partial charge is 0.385 e. The third-order valence-corrected chi connectivity index (χ3v) is 1.76. The van der Waals surface area contributed by atoms with Crippen LogP contribution in [0.25, 0.3) is 0 Å². The first-order chi connectivity index (χ1) is 6.33. The van der Waals surface area contributed by atoms with Crippen molar-refractivity contribution in [1.82, 2.24) is 0 Å². The maximum absolute atomic E-state index is 9.15. The van der Waals surface area contributed by atoms with Crippen molar-refractivity contribution in [2.24, 2.45) is 0 Å². The molecule has 0 aliphatic rings. The number of ether oxygens (including phenoxy) is 1. The van der Waals surface area contributed by atoms with E-state index in [4.69, 9.17) is 9.84 Å². The lowest BCUT2D eigenvalue weighted by molar-refractivity contribution is -0.385. The third kappa shape index (κ3) is 4.03. The lowest BCUT2D eigenvalue weighted by Crippen LogP contribution is -2.56. The van der Waals surface area contributed by atoms with Gasteiger partial charge in [0.1, 0.15) is 12.6 Å². The fraction of sp³-hybridized carbons (Fsp3) is 0.400. The zero-order valence-electron chi connectivity index (χ0n) is 7.65. The molecule has 0 radical (unpaired) electrons. The second-order valence-corrected chi connectivity index (χ2v) is 2.94. The molecule has 3 heteroatoms. The van der Waals surface area contributed by atoms with Crippen LogP contribution in [0.4, 0.5) is 0 Å². The molecule has 0 spiro atoms. The van der Waals surface area contributed by atoms with Crippen LogP contribution in [-0.2, 0) is 11.3 Å². The van der Waals surface area contributed by atoms with Crippen LogP contribution in [0.15, 0.2) is 30.3 Å². The zero-order valence-corrected chi connectivity index (χ0v) is 7.65. The van der Waals surface area contributed by atoms with Gasteiger partial charge in [0.25, 0.3) is 0 Å². The molecule has 0 saturated carbocycles. The van der Waals surface area contributed by atoms with E-state index in [2.05, 4.69) is 5.73 Å². The van der Waals surface area contributed by atoms with Crippen LogP contribution in [-0.4, -0.2) is 24.4 Å². The second-order valence-electron chi connectivity index (χ2n) is 2.94. The average molecular weight is 182 g/mol. The number of aliphatic hydroxyl groups excluding tert-OH is 1. The Labute approximate surface area is 78.1 Å². The summed E-state index contributed by atoms with van der Waals surface area (Å²) in [6.07, 6.45) is -0.441. The highest BCUT2D eigenvalue weighted by molar-refractivity contribution is 5.13. The summed E-state index contributed by atoms with van der Waals surface area (Å²) < 4.78 is 5.28. The molecular formula is C10H16NO2+. The van der Waals surface area contributed by atoms with E-state index in [-0.39, 0.29) is 0 Å². The van der Waals surface area contributed by atoms with Crippen molar-refractivity contribution in [3.05, 3.63) is 35.9 Å². The molecule has 72 valence electrons. The SMILES string of the molecule is [NH3+]C[C@H](O)COCc1ccccc1. The van der Waals surface area contributed by atoms with Crippen LogP contribution in [0, 0.1) is 0 Å². The molecule has 0 fully saturated rings. The number of rotatable bonds is 5. The molecule has 0 aromatic heterocycles. The number of hydrogen-bond acceptors (Lipinski definition) is 2. The second kappa shape index (κ2) is 5.70. The number of quaternary nitrogens is 1. The van der Waals surface area contributed by atoms with Crippen molar-refractivity contribution >= 4 is 0 Å². The van der Waals surface area contributed by atoms with Crippen LogP contribution < -0.4 is 5.73 Å². The molecule has 1 aromatic carbocycles. The van der Waals surface area contributed by atoms with E-state index >= 15 is 0 Å². The monoisotopic (exact) mass is 182 g/mol. The fourth-order valence-corrected chi connectivity index (χ4v) is 0.970. The molecule has 0 heterocycles. The minimum Gasteiger partial charge on any atom is -0.385 e. The summed E-state index contributed by atoms with van der Waals surface area (Å²) in [6, 6.07) is 9.90. The highest BCUT2D eigenvalue weighted by atomic mass is 16.5. The summed E-state index contributed by atoms with van der Waals surface area (Å²) in [6.45, 7) is 1.41. The van der Waals surface area contributed by atoms with Gasteiger partial charge in [-0.3, -0.25) is 0 Å². The summed E-state index contributed by atoms with van der Waals surface area (Å²) in [7, 11) is 0. The van der Waals surface area contributed by atoms with Crippen LogP contribution in [0.2, 0.25) is 0 Å². The Morgan fingerprint density at radius 1 is 1.31 bits per heavy atom. The van der Waals surface area contributed by atoms with E-state index in [0.29, 0.717) is 19.8 Å². The molecule has 1 rings (SSSR count). The first-order valence-electron chi connectivity index (χ1n) is 4.42. The van der Waals surface area contributed by atoms with Crippen molar-refractivity contribution in [2.45, 2.75) is 12.7 Å². The van der Waals surface area contributed by atoms with Gasteiger partial charge in [0, 0.05) is 0 Å². The molecule has 1 atom stereocenters. The normalized spacial score (nSPS) is 12.8. The summed E-state index contributed by atoms with van der Waals surface area (Å²) in [5, 5.41) is 9.15. The number of benzene rings is 1. The zero-order chi connectivity index (χ0) is 9.52. The molecule has 0 amide bonds. The molecule has 0 aliphatic heterocycles. The molecule has 0 unspecified atom stereocenters. The highest BCUT2D eigenvalue weighted by Gasteiger charge is 2.02. The van der Waals surface area contributed by atoms with Crippen molar-refractivity contribution in [3.8, 4) is 0 Å². The highest BCUT2D eigenvalue weighted by Crippen LogP contribution is 2.00. The maximum atomic E-state index is 9.15. The van der Waals surface area contributed by atoms with E-state index in [1.165, 1.54) is 0 Å². The standard InChI is InChI=1S/C10H15NO2/c11-6-10(12)8-13-7-9-4-2-1-3-5-9/h1-5,10,12H,6-8,11H2/p+1/t10-/m0/s1. The van der Waals surface area contributed by atoms with Crippen molar-refractivity contribution in [2.75, 3.05) is 13.2 Å².